The van der Waals surface area contributed by atoms with E-state index in [4.69, 9.17) is 5.11 Å². The molecule has 0 radical (unpaired) electrons. The van der Waals surface area contributed by atoms with E-state index < -0.39 is 29.0 Å². The monoisotopic (exact) mass is 279 g/mol. The first-order valence-corrected chi connectivity index (χ1v) is 5.96. The Morgan fingerprint density at radius 3 is 2.75 bits per heavy atom. The van der Waals surface area contributed by atoms with Gasteiger partial charge < -0.3 is 10.4 Å². The molecule has 0 fully saturated rings. The molecule has 1 amide bonds. The van der Waals surface area contributed by atoms with E-state index in [-0.39, 0.29) is 12.6 Å². The highest BCUT2D eigenvalue weighted by Gasteiger charge is 2.25. The number of nitrogens with zero attached hydrogens (tertiary/aromatic N) is 1. The number of carboxylic acids is 1. The van der Waals surface area contributed by atoms with Crippen LogP contribution in [0.3, 0.4) is 0 Å². The third-order valence-electron chi connectivity index (χ3n) is 2.96. The molecule has 8 nitrogen and oxygen atoms in total. The second-order valence-electron chi connectivity index (χ2n) is 4.48. The number of hydrogen-bond donors (Lipinski definition) is 3. The highest BCUT2D eigenvalue weighted by molar-refractivity contribution is 5.77. The van der Waals surface area contributed by atoms with Gasteiger partial charge in [0.15, 0.2) is 0 Å². The largest absolute Gasteiger partial charge is 0.481 e. The number of hydrogen-bond acceptors (Lipinski definition) is 4. The molecule has 0 aromatic carbocycles. The summed E-state index contributed by atoms with van der Waals surface area (Å²) >= 11 is 0. The summed E-state index contributed by atoms with van der Waals surface area (Å²) in [7, 11) is 0. The van der Waals surface area contributed by atoms with Crippen molar-refractivity contribution in [2.75, 3.05) is 0 Å². The zero-order chi connectivity index (χ0) is 14.7. The predicted molar refractivity (Wildman–Crippen MR) is 68.1 cm³/mol. The van der Waals surface area contributed by atoms with E-state index in [0.29, 0.717) is 6.42 Å². The molecule has 0 saturated carbocycles. The van der Waals surface area contributed by atoms with E-state index in [1.54, 1.807) is 6.08 Å². The Kier molecular flexibility index (Phi) is 3.83. The van der Waals surface area contributed by atoms with Crippen LogP contribution in [0.25, 0.3) is 0 Å². The Morgan fingerprint density at radius 2 is 2.15 bits per heavy atom. The number of aromatic amines is 1. The van der Waals surface area contributed by atoms with Crippen LogP contribution in [0.15, 0.2) is 34.0 Å². The number of carboxylic acid groups (broad SMARTS) is 1. The van der Waals surface area contributed by atoms with Crippen molar-refractivity contribution in [1.29, 1.82) is 0 Å². The molecule has 3 N–H and O–H groups in total. The maximum atomic E-state index is 11.7. The van der Waals surface area contributed by atoms with Crippen LogP contribution < -0.4 is 16.6 Å². The van der Waals surface area contributed by atoms with Crippen molar-refractivity contribution >= 4 is 11.9 Å². The van der Waals surface area contributed by atoms with Gasteiger partial charge in [0.25, 0.3) is 5.56 Å². The molecule has 1 aromatic heterocycles. The van der Waals surface area contributed by atoms with Crippen molar-refractivity contribution in [2.24, 2.45) is 5.92 Å². The first-order valence-electron chi connectivity index (χ1n) is 5.96. The average Bonchev–Trinajstić information content (AvgIpc) is 2.81. The van der Waals surface area contributed by atoms with E-state index in [1.807, 2.05) is 4.98 Å². The molecule has 1 aliphatic rings. The Morgan fingerprint density at radius 1 is 1.40 bits per heavy atom. The van der Waals surface area contributed by atoms with Crippen LogP contribution in [0.2, 0.25) is 0 Å². The topological polar surface area (TPSA) is 121 Å². The lowest BCUT2D eigenvalue weighted by Crippen LogP contribution is -2.39. The summed E-state index contributed by atoms with van der Waals surface area (Å²) in [4.78, 5) is 46.8. The Hall–Kier alpha value is -2.64. The number of aliphatic carboxylic acids is 1. The summed E-state index contributed by atoms with van der Waals surface area (Å²) in [5, 5.41) is 11.4. The maximum absolute atomic E-state index is 11.7. The first kappa shape index (κ1) is 13.8. The van der Waals surface area contributed by atoms with E-state index in [9.17, 15) is 19.2 Å². The van der Waals surface area contributed by atoms with Gasteiger partial charge in [0.05, 0.1) is 5.92 Å². The quantitative estimate of drug-likeness (QED) is 0.590. The molecule has 1 aromatic rings. The lowest BCUT2D eigenvalue weighted by Gasteiger charge is -2.12. The van der Waals surface area contributed by atoms with Crippen LogP contribution >= 0.6 is 0 Å². The number of aromatic nitrogens is 2. The van der Waals surface area contributed by atoms with Gasteiger partial charge in [-0.3, -0.25) is 23.9 Å². The minimum Gasteiger partial charge on any atom is -0.481 e. The second-order valence-corrected chi connectivity index (χ2v) is 4.48. The molecule has 1 aliphatic carbocycles. The van der Waals surface area contributed by atoms with E-state index in [0.717, 1.165) is 10.6 Å². The summed E-state index contributed by atoms with van der Waals surface area (Å²) < 4.78 is 1.06. The fourth-order valence-electron chi connectivity index (χ4n) is 1.97. The third-order valence-corrected chi connectivity index (χ3v) is 2.96. The smallest absolute Gasteiger partial charge is 0.328 e. The summed E-state index contributed by atoms with van der Waals surface area (Å²) in [5.41, 5.74) is -1.20. The Bertz CT molecular complexity index is 672. The standard InChI is InChI=1S/C12H13N3O5/c16-9-3-4-15(12(20)14-9)6-10(17)13-8-2-1-7(5-8)11(18)19/h1-4,7-8H,5-6H2,(H,13,17)(H,18,19)(H,14,16,20). The molecule has 0 bridgehead atoms. The van der Waals surface area contributed by atoms with E-state index in [2.05, 4.69) is 5.32 Å². The van der Waals surface area contributed by atoms with Crippen LogP contribution in [0.4, 0.5) is 0 Å². The number of rotatable bonds is 4. The number of H-pyrrole nitrogens is 1. The molecular formula is C12H13N3O5. The minimum absolute atomic E-state index is 0.238. The summed E-state index contributed by atoms with van der Waals surface area (Å²) in [6.07, 6.45) is 4.67. The van der Waals surface area contributed by atoms with Gasteiger partial charge in [-0.05, 0) is 6.42 Å². The summed E-state index contributed by atoms with van der Waals surface area (Å²) in [6.45, 7) is -0.238. The van der Waals surface area contributed by atoms with Crippen molar-refractivity contribution in [2.45, 2.75) is 19.0 Å². The third kappa shape index (κ3) is 3.22. The fourth-order valence-corrected chi connectivity index (χ4v) is 1.97. The molecule has 2 unspecified atom stereocenters. The SMILES string of the molecule is O=C(Cn1ccc(=O)[nH]c1=O)NC1C=CC(C(=O)O)C1. The van der Waals surface area contributed by atoms with E-state index >= 15 is 0 Å². The van der Waals surface area contributed by atoms with Crippen LogP contribution in [0.5, 0.6) is 0 Å². The zero-order valence-corrected chi connectivity index (χ0v) is 10.4. The van der Waals surface area contributed by atoms with Gasteiger partial charge in [0.2, 0.25) is 5.91 Å². The molecule has 0 spiro atoms. The molecule has 0 aliphatic heterocycles. The number of nitrogens with one attached hydrogen (secondary N) is 2. The van der Waals surface area contributed by atoms with E-state index in [1.165, 1.54) is 12.3 Å². The normalized spacial score (nSPS) is 20.8. The van der Waals surface area contributed by atoms with Gasteiger partial charge in [0, 0.05) is 18.3 Å². The highest BCUT2D eigenvalue weighted by Crippen LogP contribution is 2.17. The number of carbonyl (C=O) groups is 2. The Balaban J connectivity index is 1.94. The average molecular weight is 279 g/mol. The molecule has 20 heavy (non-hydrogen) atoms. The van der Waals surface area contributed by atoms with Gasteiger partial charge in [-0.25, -0.2) is 4.79 Å². The van der Waals surface area contributed by atoms with Gasteiger partial charge in [-0.2, -0.15) is 0 Å². The molecule has 0 saturated heterocycles. The highest BCUT2D eigenvalue weighted by atomic mass is 16.4. The van der Waals surface area contributed by atoms with Crippen LogP contribution in [0, 0.1) is 5.92 Å². The molecule has 2 atom stereocenters. The molecular weight excluding hydrogens is 266 g/mol. The first-order chi connectivity index (χ1) is 9.45. The number of amides is 1. The van der Waals surface area contributed by atoms with Crippen molar-refractivity contribution in [3.05, 3.63) is 45.3 Å². The summed E-state index contributed by atoms with van der Waals surface area (Å²) in [6, 6.07) is 0.784. The van der Waals surface area contributed by atoms with Crippen molar-refractivity contribution in [3.63, 3.8) is 0 Å². The predicted octanol–water partition coefficient (Wildman–Crippen LogP) is -1.32. The number of carbonyl (C=O) groups excluding carboxylic acids is 1. The summed E-state index contributed by atoms with van der Waals surface area (Å²) in [5.74, 6) is -1.97. The lowest BCUT2D eigenvalue weighted by atomic mass is 10.1. The van der Waals surface area contributed by atoms with Crippen LogP contribution in [-0.4, -0.2) is 32.6 Å². The van der Waals surface area contributed by atoms with Crippen molar-refractivity contribution in [3.8, 4) is 0 Å². The molecule has 2 rings (SSSR count). The molecule has 106 valence electrons. The van der Waals surface area contributed by atoms with Gasteiger partial charge >= 0.3 is 11.7 Å². The minimum atomic E-state index is -0.935. The van der Waals surface area contributed by atoms with Crippen LogP contribution in [-0.2, 0) is 16.1 Å². The fraction of sp³-hybridized carbons (Fsp3) is 0.333. The van der Waals surface area contributed by atoms with Crippen molar-refractivity contribution in [1.82, 2.24) is 14.9 Å². The van der Waals surface area contributed by atoms with Crippen molar-refractivity contribution < 1.29 is 14.7 Å². The lowest BCUT2D eigenvalue weighted by molar-refractivity contribution is -0.140. The second kappa shape index (κ2) is 5.55. The van der Waals surface area contributed by atoms with Gasteiger partial charge in [0.1, 0.15) is 6.54 Å². The van der Waals surface area contributed by atoms with Crippen LogP contribution in [0.1, 0.15) is 6.42 Å². The molecule has 1 heterocycles. The van der Waals surface area contributed by atoms with Gasteiger partial charge in [-0.1, -0.05) is 12.2 Å². The van der Waals surface area contributed by atoms with Gasteiger partial charge in [-0.15, -0.1) is 0 Å². The zero-order valence-electron chi connectivity index (χ0n) is 10.4. The molecule has 8 heteroatoms. The maximum Gasteiger partial charge on any atom is 0.328 e. The Labute approximate surface area is 112 Å².